The summed E-state index contributed by atoms with van der Waals surface area (Å²) in [7, 11) is 0. The Balaban J connectivity index is 1.97. The minimum absolute atomic E-state index is 0.259. The molecule has 0 spiro atoms. The predicted octanol–water partition coefficient (Wildman–Crippen LogP) is 2.60. The third kappa shape index (κ3) is 4.39. The van der Waals surface area contributed by atoms with E-state index in [0.717, 1.165) is 0 Å². The number of nitrogens with two attached hydrogens (primary N) is 1. The van der Waals surface area contributed by atoms with Gasteiger partial charge in [0.25, 0.3) is 0 Å². The molecular formula is C18H20FN3O2. The second-order valence-corrected chi connectivity index (χ2v) is 5.56. The molecule has 0 aliphatic rings. The summed E-state index contributed by atoms with van der Waals surface area (Å²) in [6.07, 6.45) is 0. The number of amides is 2. The number of rotatable bonds is 6. The van der Waals surface area contributed by atoms with E-state index in [1.165, 1.54) is 18.2 Å². The van der Waals surface area contributed by atoms with Crippen molar-refractivity contribution in [2.24, 2.45) is 5.73 Å². The summed E-state index contributed by atoms with van der Waals surface area (Å²) in [5, 5.41) is 5.79. The van der Waals surface area contributed by atoms with Crippen LogP contribution in [0.25, 0.3) is 0 Å². The third-order valence-corrected chi connectivity index (χ3v) is 3.70. The van der Waals surface area contributed by atoms with Crippen LogP contribution in [0.1, 0.15) is 35.8 Å². The zero-order valence-electron chi connectivity index (χ0n) is 13.5. The number of nitrogens with one attached hydrogen (secondary N) is 2. The Morgan fingerprint density at radius 1 is 1.04 bits per heavy atom. The van der Waals surface area contributed by atoms with Gasteiger partial charge in [0.2, 0.25) is 11.8 Å². The normalized spacial score (nSPS) is 13.1. The number of anilines is 1. The molecule has 5 nitrogen and oxygen atoms in total. The van der Waals surface area contributed by atoms with Gasteiger partial charge in [0.05, 0.1) is 6.04 Å². The average molecular weight is 329 g/mol. The maximum atomic E-state index is 13.8. The van der Waals surface area contributed by atoms with E-state index >= 15 is 0 Å². The fourth-order valence-electron chi connectivity index (χ4n) is 2.34. The number of carbonyl (C=O) groups is 2. The number of carbonyl (C=O) groups excluding carboxylic acids is 2. The highest BCUT2D eigenvalue weighted by molar-refractivity contribution is 5.96. The molecule has 2 amide bonds. The molecule has 2 atom stereocenters. The zero-order valence-corrected chi connectivity index (χ0v) is 13.5. The lowest BCUT2D eigenvalue weighted by atomic mass is 10.1. The molecule has 0 saturated carbocycles. The van der Waals surface area contributed by atoms with E-state index in [-0.39, 0.29) is 17.8 Å². The molecule has 0 radical (unpaired) electrons. The van der Waals surface area contributed by atoms with E-state index in [0.29, 0.717) is 16.8 Å². The molecule has 2 aromatic rings. The minimum atomic E-state index is -0.532. The second-order valence-electron chi connectivity index (χ2n) is 5.56. The highest BCUT2D eigenvalue weighted by Gasteiger charge is 2.18. The Labute approximate surface area is 140 Å². The van der Waals surface area contributed by atoms with Crippen molar-refractivity contribution < 1.29 is 14.0 Å². The van der Waals surface area contributed by atoms with Gasteiger partial charge in [-0.05, 0) is 44.2 Å². The Hall–Kier alpha value is -2.73. The Morgan fingerprint density at radius 3 is 2.25 bits per heavy atom. The summed E-state index contributed by atoms with van der Waals surface area (Å²) in [5.74, 6) is -1.10. The van der Waals surface area contributed by atoms with Crippen LogP contribution in [0.15, 0.2) is 48.5 Å². The van der Waals surface area contributed by atoms with Crippen molar-refractivity contribution in [1.82, 2.24) is 5.32 Å². The van der Waals surface area contributed by atoms with Gasteiger partial charge in [-0.25, -0.2) is 4.39 Å². The van der Waals surface area contributed by atoms with Crippen molar-refractivity contribution in [1.29, 1.82) is 0 Å². The summed E-state index contributed by atoms with van der Waals surface area (Å²) in [6, 6.07) is 11.9. The lowest BCUT2D eigenvalue weighted by Gasteiger charge is -2.20. The van der Waals surface area contributed by atoms with Crippen LogP contribution < -0.4 is 16.4 Å². The van der Waals surface area contributed by atoms with Crippen LogP contribution >= 0.6 is 0 Å². The van der Waals surface area contributed by atoms with Crippen molar-refractivity contribution in [3.63, 3.8) is 0 Å². The van der Waals surface area contributed by atoms with Gasteiger partial charge in [-0.1, -0.05) is 18.2 Å². The van der Waals surface area contributed by atoms with Crippen LogP contribution in [-0.2, 0) is 4.79 Å². The second kappa shape index (κ2) is 7.70. The van der Waals surface area contributed by atoms with E-state index in [9.17, 15) is 14.0 Å². The van der Waals surface area contributed by atoms with Gasteiger partial charge in [0, 0.05) is 22.9 Å². The Bertz CT molecular complexity index is 731. The summed E-state index contributed by atoms with van der Waals surface area (Å²) in [6.45, 7) is 3.49. The van der Waals surface area contributed by atoms with Crippen molar-refractivity contribution in [2.45, 2.75) is 25.9 Å². The van der Waals surface area contributed by atoms with Crippen LogP contribution in [-0.4, -0.2) is 17.9 Å². The van der Waals surface area contributed by atoms with Gasteiger partial charge in [-0.2, -0.15) is 0 Å². The number of halogens is 1. The van der Waals surface area contributed by atoms with Crippen LogP contribution in [0.5, 0.6) is 0 Å². The van der Waals surface area contributed by atoms with Crippen LogP contribution in [0.2, 0.25) is 0 Å². The fraction of sp³-hybridized carbons (Fsp3) is 0.222. The predicted molar refractivity (Wildman–Crippen MR) is 91.0 cm³/mol. The maximum absolute atomic E-state index is 13.8. The van der Waals surface area contributed by atoms with Crippen LogP contribution in [0, 0.1) is 5.82 Å². The highest BCUT2D eigenvalue weighted by Crippen LogP contribution is 2.17. The van der Waals surface area contributed by atoms with E-state index in [1.807, 2.05) is 0 Å². The molecule has 4 N–H and O–H groups in total. The minimum Gasteiger partial charge on any atom is -0.366 e. The molecule has 0 aromatic heterocycles. The Morgan fingerprint density at radius 2 is 1.67 bits per heavy atom. The maximum Gasteiger partial charge on any atom is 0.248 e. The van der Waals surface area contributed by atoms with Gasteiger partial charge < -0.3 is 11.1 Å². The first-order valence-corrected chi connectivity index (χ1v) is 7.59. The van der Waals surface area contributed by atoms with Gasteiger partial charge in [0.1, 0.15) is 5.82 Å². The first-order valence-electron chi connectivity index (χ1n) is 7.59. The topological polar surface area (TPSA) is 84.2 Å². The third-order valence-electron chi connectivity index (χ3n) is 3.70. The first-order chi connectivity index (χ1) is 11.4. The molecule has 0 heterocycles. The Kier molecular flexibility index (Phi) is 5.65. The molecule has 24 heavy (non-hydrogen) atoms. The number of benzene rings is 2. The van der Waals surface area contributed by atoms with Crippen LogP contribution in [0.4, 0.5) is 10.1 Å². The van der Waals surface area contributed by atoms with Crippen LogP contribution in [0.3, 0.4) is 0 Å². The number of primary amides is 1. The first kappa shape index (κ1) is 17.6. The van der Waals surface area contributed by atoms with E-state index in [2.05, 4.69) is 10.6 Å². The molecule has 2 aromatic carbocycles. The smallest absolute Gasteiger partial charge is 0.248 e. The van der Waals surface area contributed by atoms with Gasteiger partial charge in [-0.3, -0.25) is 14.9 Å². The summed E-state index contributed by atoms with van der Waals surface area (Å²) < 4.78 is 13.8. The standard InChI is InChI=1S/C18H20FN3O2/c1-11(15-5-3-4-6-16(15)19)21-12(2)18(24)22-14-9-7-13(8-10-14)17(20)23/h3-12,21H,1-2H3,(H2,20,23)(H,22,24)/t11-,12+/m1/s1. The van der Waals surface area contributed by atoms with Gasteiger partial charge in [-0.15, -0.1) is 0 Å². The van der Waals surface area contributed by atoms with E-state index in [4.69, 9.17) is 5.73 Å². The number of hydrogen-bond acceptors (Lipinski definition) is 3. The van der Waals surface area contributed by atoms with Gasteiger partial charge in [0.15, 0.2) is 0 Å². The monoisotopic (exact) mass is 329 g/mol. The summed E-state index contributed by atoms with van der Waals surface area (Å²) >= 11 is 0. The summed E-state index contributed by atoms with van der Waals surface area (Å²) in [4.78, 5) is 23.2. The molecule has 0 bridgehead atoms. The van der Waals surface area contributed by atoms with Crippen molar-refractivity contribution in [3.8, 4) is 0 Å². The van der Waals surface area contributed by atoms with Crippen molar-refractivity contribution in [2.75, 3.05) is 5.32 Å². The fourth-order valence-corrected chi connectivity index (χ4v) is 2.34. The lowest BCUT2D eigenvalue weighted by molar-refractivity contribution is -0.117. The molecule has 0 aliphatic heterocycles. The van der Waals surface area contributed by atoms with Crippen molar-refractivity contribution in [3.05, 3.63) is 65.5 Å². The molecule has 6 heteroatoms. The molecule has 0 fully saturated rings. The van der Waals surface area contributed by atoms with Crippen molar-refractivity contribution >= 4 is 17.5 Å². The van der Waals surface area contributed by atoms with E-state index < -0.39 is 11.9 Å². The molecule has 0 saturated heterocycles. The van der Waals surface area contributed by atoms with Gasteiger partial charge >= 0.3 is 0 Å². The molecule has 126 valence electrons. The molecule has 0 unspecified atom stereocenters. The van der Waals surface area contributed by atoms with E-state index in [1.54, 1.807) is 44.2 Å². The average Bonchev–Trinajstić information content (AvgIpc) is 2.55. The molecular weight excluding hydrogens is 309 g/mol. The molecule has 0 aliphatic carbocycles. The highest BCUT2D eigenvalue weighted by atomic mass is 19.1. The lowest BCUT2D eigenvalue weighted by Crippen LogP contribution is -2.39. The summed E-state index contributed by atoms with van der Waals surface area (Å²) in [5.41, 5.74) is 6.59. The molecule has 2 rings (SSSR count). The quantitative estimate of drug-likeness (QED) is 0.761. The largest absolute Gasteiger partial charge is 0.366 e. The number of hydrogen-bond donors (Lipinski definition) is 3. The zero-order chi connectivity index (χ0) is 17.7. The SMILES string of the molecule is C[C@H](N[C@H](C)c1ccccc1F)C(=O)Nc1ccc(C(N)=O)cc1.